The molecule has 3 aromatic rings. The number of para-hydroxylation sites is 1. The Kier molecular flexibility index (Phi) is 6.74. The lowest BCUT2D eigenvalue weighted by atomic mass is 10.1. The Morgan fingerprint density at radius 2 is 1.68 bits per heavy atom. The molecular weight excluding hydrogens is 401 g/mol. The topological polar surface area (TPSA) is 66.8 Å². The third kappa shape index (κ3) is 4.77. The van der Waals surface area contributed by atoms with Gasteiger partial charge in [-0.15, -0.1) is 0 Å². The van der Waals surface area contributed by atoms with Gasteiger partial charge in [-0.2, -0.15) is 0 Å². The average molecular weight is 425 g/mol. The summed E-state index contributed by atoms with van der Waals surface area (Å²) in [6, 6.07) is 13.1. The van der Waals surface area contributed by atoms with Crippen LogP contribution in [0.5, 0.6) is 11.5 Å². The molecule has 0 aliphatic heterocycles. The molecule has 0 atom stereocenters. The molecular formula is C24H24FNO5. The second-order valence-electron chi connectivity index (χ2n) is 7.02. The number of ketones is 1. The minimum atomic E-state index is -0.538. The summed E-state index contributed by atoms with van der Waals surface area (Å²) in [6.45, 7) is 3.13. The van der Waals surface area contributed by atoms with Crippen molar-refractivity contribution in [3.05, 3.63) is 76.9 Å². The number of carbonyl (C=O) groups is 2. The molecule has 0 aliphatic rings. The second kappa shape index (κ2) is 9.47. The molecule has 6 nitrogen and oxygen atoms in total. The summed E-state index contributed by atoms with van der Waals surface area (Å²) >= 11 is 0. The first-order valence-electron chi connectivity index (χ1n) is 9.69. The summed E-state index contributed by atoms with van der Waals surface area (Å²) in [5.41, 5.74) is 2.72. The van der Waals surface area contributed by atoms with Gasteiger partial charge in [0.05, 0.1) is 26.3 Å². The second-order valence-corrected chi connectivity index (χ2v) is 7.02. The van der Waals surface area contributed by atoms with Crippen LogP contribution in [0.25, 0.3) is 5.69 Å². The van der Waals surface area contributed by atoms with Crippen LogP contribution in [0.2, 0.25) is 0 Å². The quantitative estimate of drug-likeness (QED) is 0.399. The SMILES string of the molecule is COc1ccc(CC(=O)OCC(=O)c2cc(C)n(-c3ccccc3F)c2C)cc1OC. The summed E-state index contributed by atoms with van der Waals surface area (Å²) in [6.07, 6.45) is -0.0120. The lowest BCUT2D eigenvalue weighted by Gasteiger charge is -2.11. The highest BCUT2D eigenvalue weighted by Crippen LogP contribution is 2.28. The first-order valence-corrected chi connectivity index (χ1v) is 9.69. The molecule has 0 saturated carbocycles. The Morgan fingerprint density at radius 1 is 0.968 bits per heavy atom. The summed E-state index contributed by atoms with van der Waals surface area (Å²) in [4.78, 5) is 24.9. The number of Topliss-reactive ketones (excluding diaryl/α,β-unsaturated/α-hetero) is 1. The molecule has 31 heavy (non-hydrogen) atoms. The summed E-state index contributed by atoms with van der Waals surface area (Å²) in [5, 5.41) is 0. The number of aromatic nitrogens is 1. The number of benzene rings is 2. The van der Waals surface area contributed by atoms with Crippen molar-refractivity contribution in [3.8, 4) is 17.2 Å². The fourth-order valence-electron chi connectivity index (χ4n) is 3.48. The van der Waals surface area contributed by atoms with E-state index < -0.39 is 12.6 Å². The Labute approximate surface area is 180 Å². The maximum atomic E-state index is 14.2. The van der Waals surface area contributed by atoms with Gasteiger partial charge in [0.25, 0.3) is 0 Å². The van der Waals surface area contributed by atoms with E-state index in [1.54, 1.807) is 60.9 Å². The van der Waals surface area contributed by atoms with Crippen molar-refractivity contribution < 1.29 is 28.2 Å². The number of nitrogens with zero attached hydrogens (tertiary/aromatic N) is 1. The van der Waals surface area contributed by atoms with E-state index in [0.29, 0.717) is 39.7 Å². The van der Waals surface area contributed by atoms with Crippen LogP contribution in [0.15, 0.2) is 48.5 Å². The Morgan fingerprint density at radius 3 is 2.35 bits per heavy atom. The zero-order valence-corrected chi connectivity index (χ0v) is 17.9. The van der Waals surface area contributed by atoms with Gasteiger partial charge in [-0.05, 0) is 49.7 Å². The maximum absolute atomic E-state index is 14.2. The van der Waals surface area contributed by atoms with Crippen molar-refractivity contribution in [1.82, 2.24) is 4.57 Å². The zero-order valence-electron chi connectivity index (χ0n) is 17.9. The molecule has 0 aliphatic carbocycles. The summed E-state index contributed by atoms with van der Waals surface area (Å²) in [7, 11) is 3.04. The Bertz CT molecular complexity index is 1120. The number of halogens is 1. The predicted octanol–water partition coefficient (Wildman–Crippen LogP) is 4.22. The molecule has 0 spiro atoms. The van der Waals surface area contributed by atoms with Gasteiger partial charge in [-0.25, -0.2) is 4.39 Å². The lowest BCUT2D eigenvalue weighted by molar-refractivity contribution is -0.141. The highest BCUT2D eigenvalue weighted by atomic mass is 19.1. The number of aryl methyl sites for hydroxylation is 1. The average Bonchev–Trinajstić information content (AvgIpc) is 3.06. The molecule has 0 N–H and O–H groups in total. The highest BCUT2D eigenvalue weighted by Gasteiger charge is 2.19. The summed E-state index contributed by atoms with van der Waals surface area (Å²) < 4.78 is 31.5. The first-order chi connectivity index (χ1) is 14.8. The van der Waals surface area contributed by atoms with Gasteiger partial charge in [0, 0.05) is 17.0 Å². The van der Waals surface area contributed by atoms with E-state index in [-0.39, 0.29) is 18.0 Å². The minimum Gasteiger partial charge on any atom is -0.493 e. The van der Waals surface area contributed by atoms with Gasteiger partial charge >= 0.3 is 5.97 Å². The molecule has 0 bridgehead atoms. The van der Waals surface area contributed by atoms with Crippen LogP contribution in [0.3, 0.4) is 0 Å². The van der Waals surface area contributed by atoms with Gasteiger partial charge in [-0.3, -0.25) is 9.59 Å². The number of rotatable bonds is 8. The zero-order chi connectivity index (χ0) is 22.5. The third-order valence-corrected chi connectivity index (χ3v) is 4.99. The van der Waals surface area contributed by atoms with Crippen LogP contribution in [0.1, 0.15) is 27.3 Å². The number of hydrogen-bond donors (Lipinski definition) is 0. The molecule has 2 aromatic carbocycles. The Balaban J connectivity index is 1.68. The predicted molar refractivity (Wildman–Crippen MR) is 114 cm³/mol. The molecule has 0 saturated heterocycles. The number of esters is 1. The molecule has 162 valence electrons. The van der Waals surface area contributed by atoms with E-state index in [1.807, 2.05) is 0 Å². The van der Waals surface area contributed by atoms with Gasteiger partial charge in [0.1, 0.15) is 5.82 Å². The van der Waals surface area contributed by atoms with Gasteiger partial charge in [0.15, 0.2) is 18.1 Å². The standard InChI is InChI=1S/C24H24FNO5/c1-15-11-18(16(2)26(15)20-8-6-5-7-19(20)25)21(27)14-31-24(28)13-17-9-10-22(29-3)23(12-17)30-4/h5-12H,13-14H2,1-4H3. The number of carbonyl (C=O) groups excluding carboxylic acids is 2. The molecule has 0 fully saturated rings. The van der Waals surface area contributed by atoms with E-state index in [4.69, 9.17) is 14.2 Å². The van der Waals surface area contributed by atoms with Crippen molar-refractivity contribution in [1.29, 1.82) is 0 Å². The van der Waals surface area contributed by atoms with Crippen LogP contribution in [-0.2, 0) is 16.0 Å². The van der Waals surface area contributed by atoms with Crippen LogP contribution >= 0.6 is 0 Å². The van der Waals surface area contributed by atoms with E-state index in [0.717, 1.165) is 0 Å². The van der Waals surface area contributed by atoms with Crippen LogP contribution in [-0.4, -0.2) is 37.1 Å². The molecule has 0 unspecified atom stereocenters. The molecule has 3 rings (SSSR count). The maximum Gasteiger partial charge on any atom is 0.310 e. The van der Waals surface area contributed by atoms with E-state index in [9.17, 15) is 14.0 Å². The smallest absolute Gasteiger partial charge is 0.310 e. The van der Waals surface area contributed by atoms with Crippen molar-refractivity contribution in [2.45, 2.75) is 20.3 Å². The lowest BCUT2D eigenvalue weighted by Crippen LogP contribution is -2.16. The number of methoxy groups -OCH3 is 2. The molecule has 1 aromatic heterocycles. The fraction of sp³-hybridized carbons (Fsp3) is 0.250. The third-order valence-electron chi connectivity index (χ3n) is 4.99. The van der Waals surface area contributed by atoms with Crippen LogP contribution < -0.4 is 9.47 Å². The monoisotopic (exact) mass is 425 g/mol. The molecule has 1 heterocycles. The summed E-state index contributed by atoms with van der Waals surface area (Å²) in [5.74, 6) is -0.214. The molecule has 0 radical (unpaired) electrons. The largest absolute Gasteiger partial charge is 0.493 e. The highest BCUT2D eigenvalue weighted by molar-refractivity contribution is 5.99. The van der Waals surface area contributed by atoms with Crippen molar-refractivity contribution in [2.75, 3.05) is 20.8 Å². The van der Waals surface area contributed by atoms with Crippen molar-refractivity contribution in [3.63, 3.8) is 0 Å². The van der Waals surface area contributed by atoms with Crippen molar-refractivity contribution >= 4 is 11.8 Å². The van der Waals surface area contributed by atoms with Crippen molar-refractivity contribution in [2.24, 2.45) is 0 Å². The normalized spacial score (nSPS) is 10.6. The van der Waals surface area contributed by atoms with Crippen LogP contribution in [0.4, 0.5) is 4.39 Å². The first kappa shape index (κ1) is 22.1. The van der Waals surface area contributed by atoms with E-state index in [2.05, 4.69) is 0 Å². The van der Waals surface area contributed by atoms with Gasteiger partial charge in [0.2, 0.25) is 5.78 Å². The fourth-order valence-corrected chi connectivity index (χ4v) is 3.48. The van der Waals surface area contributed by atoms with Gasteiger partial charge < -0.3 is 18.8 Å². The van der Waals surface area contributed by atoms with Gasteiger partial charge in [-0.1, -0.05) is 18.2 Å². The minimum absolute atomic E-state index is 0.0120. The van der Waals surface area contributed by atoms with Crippen LogP contribution in [0, 0.1) is 19.7 Å². The number of ether oxygens (including phenoxy) is 3. The molecule has 0 amide bonds. The molecule has 7 heteroatoms. The van der Waals surface area contributed by atoms with E-state index in [1.165, 1.54) is 20.3 Å². The van der Waals surface area contributed by atoms with E-state index >= 15 is 0 Å². The Hall–Kier alpha value is -3.61. The number of hydrogen-bond acceptors (Lipinski definition) is 5.